The van der Waals surface area contributed by atoms with Crippen molar-refractivity contribution in [2.24, 2.45) is 0 Å². The second kappa shape index (κ2) is 6.26. The second-order valence-corrected chi connectivity index (χ2v) is 5.57. The molecular formula is C16H21N3O2. The molecule has 1 aromatic carbocycles. The lowest BCUT2D eigenvalue weighted by Gasteiger charge is -2.24. The van der Waals surface area contributed by atoms with Gasteiger partial charge in [0.1, 0.15) is 5.75 Å². The largest absolute Gasteiger partial charge is 0.493 e. The summed E-state index contributed by atoms with van der Waals surface area (Å²) in [5.41, 5.74) is 1.24. The second-order valence-electron chi connectivity index (χ2n) is 5.57. The van der Waals surface area contributed by atoms with Crippen molar-refractivity contribution in [2.75, 3.05) is 13.7 Å². The lowest BCUT2D eigenvalue weighted by molar-refractivity contribution is 0.259. The summed E-state index contributed by atoms with van der Waals surface area (Å²) >= 11 is 0. The molecule has 0 radical (unpaired) electrons. The predicted molar refractivity (Wildman–Crippen MR) is 79.5 cm³/mol. The van der Waals surface area contributed by atoms with Crippen LogP contribution in [0.2, 0.25) is 0 Å². The van der Waals surface area contributed by atoms with Crippen molar-refractivity contribution in [3.05, 3.63) is 41.5 Å². The van der Waals surface area contributed by atoms with Crippen LogP contribution in [0.3, 0.4) is 0 Å². The molecule has 1 aromatic heterocycles. The fourth-order valence-corrected chi connectivity index (χ4v) is 2.67. The van der Waals surface area contributed by atoms with E-state index in [0.29, 0.717) is 12.0 Å². The molecule has 1 aliphatic heterocycles. The molecule has 112 valence electrons. The van der Waals surface area contributed by atoms with Gasteiger partial charge in [-0.15, -0.1) is 0 Å². The van der Waals surface area contributed by atoms with Crippen LogP contribution >= 0.6 is 0 Å². The monoisotopic (exact) mass is 287 g/mol. The van der Waals surface area contributed by atoms with Gasteiger partial charge >= 0.3 is 0 Å². The maximum absolute atomic E-state index is 5.69. The van der Waals surface area contributed by atoms with Crippen LogP contribution in [0.25, 0.3) is 0 Å². The van der Waals surface area contributed by atoms with Gasteiger partial charge in [0.15, 0.2) is 5.82 Å². The van der Waals surface area contributed by atoms with Crippen molar-refractivity contribution in [1.29, 1.82) is 0 Å². The van der Waals surface area contributed by atoms with E-state index in [1.165, 1.54) is 5.56 Å². The Morgan fingerprint density at radius 2 is 2.24 bits per heavy atom. The molecule has 3 rings (SSSR count). The van der Waals surface area contributed by atoms with Crippen LogP contribution in [0.5, 0.6) is 5.75 Å². The average molecular weight is 287 g/mol. The summed E-state index contributed by atoms with van der Waals surface area (Å²) in [6.07, 6.45) is 2.55. The van der Waals surface area contributed by atoms with E-state index in [1.807, 2.05) is 25.2 Å². The van der Waals surface area contributed by atoms with Crippen LogP contribution < -0.4 is 10.1 Å². The number of rotatable bonds is 5. The molecule has 0 spiro atoms. The molecule has 0 saturated heterocycles. The number of hydrogen-bond acceptors (Lipinski definition) is 5. The summed E-state index contributed by atoms with van der Waals surface area (Å²) in [5, 5.41) is 7.25. The Hall–Kier alpha value is -1.88. The van der Waals surface area contributed by atoms with Gasteiger partial charge < -0.3 is 14.6 Å². The molecule has 0 fully saturated rings. The highest BCUT2D eigenvalue weighted by atomic mass is 16.5. The summed E-state index contributed by atoms with van der Waals surface area (Å²) in [6.45, 7) is 2.85. The van der Waals surface area contributed by atoms with Crippen molar-refractivity contribution in [3.63, 3.8) is 0 Å². The number of fused-ring (bicyclic) bond motifs is 1. The van der Waals surface area contributed by atoms with Crippen molar-refractivity contribution in [2.45, 2.75) is 38.1 Å². The van der Waals surface area contributed by atoms with Gasteiger partial charge in [0.25, 0.3) is 0 Å². The molecule has 2 unspecified atom stereocenters. The molecule has 0 amide bonds. The van der Waals surface area contributed by atoms with Crippen molar-refractivity contribution in [3.8, 4) is 5.75 Å². The topological polar surface area (TPSA) is 60.2 Å². The average Bonchev–Trinajstić information content (AvgIpc) is 2.94. The van der Waals surface area contributed by atoms with Gasteiger partial charge in [0.2, 0.25) is 5.89 Å². The molecule has 5 heteroatoms. The van der Waals surface area contributed by atoms with Crippen molar-refractivity contribution in [1.82, 2.24) is 15.5 Å². The number of likely N-dealkylation sites (N-methyl/N-ethyl adjacent to an activating group) is 1. The minimum Gasteiger partial charge on any atom is -0.493 e. The van der Waals surface area contributed by atoms with Crippen LogP contribution in [0.1, 0.15) is 36.5 Å². The summed E-state index contributed by atoms with van der Waals surface area (Å²) in [5.74, 6) is 2.87. The van der Waals surface area contributed by atoms with E-state index in [1.54, 1.807) is 0 Å². The molecule has 2 heterocycles. The normalized spacial score (nSPS) is 18.9. The van der Waals surface area contributed by atoms with Crippen LogP contribution in [-0.4, -0.2) is 29.8 Å². The maximum atomic E-state index is 5.69. The maximum Gasteiger partial charge on any atom is 0.227 e. The lowest BCUT2D eigenvalue weighted by atomic mass is 9.90. The number of hydrogen-bond donors (Lipinski definition) is 1. The standard InChI is InChI=1S/C16H21N3O2/c1-11(17-2)9-15-18-16(21-19-15)10-12-7-8-20-14-6-4-3-5-13(12)14/h3-6,11-12,17H,7-10H2,1-2H3. The number of para-hydroxylation sites is 1. The van der Waals surface area contributed by atoms with Crippen molar-refractivity contribution < 1.29 is 9.26 Å². The SMILES string of the molecule is CNC(C)Cc1noc(CC2CCOc3ccccc32)n1. The van der Waals surface area contributed by atoms with Gasteiger partial charge in [0, 0.05) is 18.9 Å². The summed E-state index contributed by atoms with van der Waals surface area (Å²) in [7, 11) is 1.94. The number of nitrogens with zero attached hydrogens (tertiary/aromatic N) is 2. The van der Waals surface area contributed by atoms with Crippen LogP contribution in [0.4, 0.5) is 0 Å². The first kappa shape index (κ1) is 14.1. The Balaban J connectivity index is 1.70. The molecule has 21 heavy (non-hydrogen) atoms. The fourth-order valence-electron chi connectivity index (χ4n) is 2.67. The highest BCUT2D eigenvalue weighted by molar-refractivity contribution is 5.38. The van der Waals surface area contributed by atoms with Gasteiger partial charge in [-0.3, -0.25) is 0 Å². The summed E-state index contributed by atoms with van der Waals surface area (Å²) < 4.78 is 11.1. The number of ether oxygens (including phenoxy) is 1. The van der Waals surface area contributed by atoms with Crippen molar-refractivity contribution >= 4 is 0 Å². The van der Waals surface area contributed by atoms with E-state index in [0.717, 1.165) is 43.3 Å². The molecule has 1 N–H and O–H groups in total. The smallest absolute Gasteiger partial charge is 0.227 e. The third-order valence-corrected chi connectivity index (χ3v) is 4.00. The fraction of sp³-hybridized carbons (Fsp3) is 0.500. The Kier molecular flexibility index (Phi) is 4.20. The predicted octanol–water partition coefficient (Wildman–Crippen LogP) is 2.33. The van der Waals surface area contributed by atoms with E-state index in [9.17, 15) is 0 Å². The summed E-state index contributed by atoms with van der Waals surface area (Å²) in [6, 6.07) is 8.55. The highest BCUT2D eigenvalue weighted by Gasteiger charge is 2.23. The van der Waals surface area contributed by atoms with Gasteiger partial charge in [-0.1, -0.05) is 23.4 Å². The van der Waals surface area contributed by atoms with Crippen LogP contribution in [0.15, 0.2) is 28.8 Å². The Labute approximate surface area is 124 Å². The third kappa shape index (κ3) is 3.24. The molecular weight excluding hydrogens is 266 g/mol. The van der Waals surface area contributed by atoms with Gasteiger partial charge in [0.05, 0.1) is 6.61 Å². The Bertz CT molecular complexity index is 597. The van der Waals surface area contributed by atoms with E-state index >= 15 is 0 Å². The molecule has 0 bridgehead atoms. The number of nitrogens with one attached hydrogen (secondary N) is 1. The number of benzene rings is 1. The van der Waals surface area contributed by atoms with E-state index in [-0.39, 0.29) is 0 Å². The minimum absolute atomic E-state index is 0.347. The van der Waals surface area contributed by atoms with E-state index < -0.39 is 0 Å². The molecule has 5 nitrogen and oxygen atoms in total. The first-order valence-electron chi connectivity index (χ1n) is 7.46. The molecule has 0 saturated carbocycles. The van der Waals surface area contributed by atoms with E-state index in [4.69, 9.17) is 9.26 Å². The molecule has 1 aliphatic rings. The van der Waals surface area contributed by atoms with Gasteiger partial charge in [-0.25, -0.2) is 0 Å². The van der Waals surface area contributed by atoms with Crippen LogP contribution in [-0.2, 0) is 12.8 Å². The van der Waals surface area contributed by atoms with E-state index in [2.05, 4.69) is 28.4 Å². The zero-order valence-corrected chi connectivity index (χ0v) is 12.5. The third-order valence-electron chi connectivity index (χ3n) is 4.00. The zero-order chi connectivity index (χ0) is 14.7. The Morgan fingerprint density at radius 3 is 3.10 bits per heavy atom. The lowest BCUT2D eigenvalue weighted by Crippen LogP contribution is -2.24. The zero-order valence-electron chi connectivity index (χ0n) is 12.5. The van der Waals surface area contributed by atoms with Gasteiger partial charge in [-0.2, -0.15) is 4.98 Å². The Morgan fingerprint density at radius 1 is 1.38 bits per heavy atom. The quantitative estimate of drug-likeness (QED) is 0.914. The first-order chi connectivity index (χ1) is 10.3. The highest BCUT2D eigenvalue weighted by Crippen LogP contribution is 2.35. The summed E-state index contributed by atoms with van der Waals surface area (Å²) in [4.78, 5) is 4.51. The first-order valence-corrected chi connectivity index (χ1v) is 7.46. The molecule has 2 aromatic rings. The number of aromatic nitrogens is 2. The molecule has 0 aliphatic carbocycles. The molecule has 2 atom stereocenters. The van der Waals surface area contributed by atoms with Gasteiger partial charge in [-0.05, 0) is 37.9 Å². The minimum atomic E-state index is 0.347. The van der Waals surface area contributed by atoms with Crippen LogP contribution in [0, 0.1) is 0 Å².